The van der Waals surface area contributed by atoms with Gasteiger partial charge in [-0.15, -0.1) is 11.3 Å². The Bertz CT molecular complexity index is 675. The van der Waals surface area contributed by atoms with Crippen LogP contribution in [0.5, 0.6) is 0 Å². The van der Waals surface area contributed by atoms with Crippen molar-refractivity contribution < 1.29 is 4.79 Å². The number of nitrogens with zero attached hydrogens (tertiary/aromatic N) is 3. The second kappa shape index (κ2) is 6.89. The molecule has 1 aliphatic heterocycles. The van der Waals surface area contributed by atoms with Gasteiger partial charge in [0.05, 0.1) is 12.1 Å². The lowest BCUT2D eigenvalue weighted by Gasteiger charge is -2.20. The van der Waals surface area contributed by atoms with E-state index in [0.29, 0.717) is 0 Å². The predicted octanol–water partition coefficient (Wildman–Crippen LogP) is 2.99. The van der Waals surface area contributed by atoms with Crippen LogP contribution in [-0.2, 0) is 6.54 Å². The molecule has 0 atom stereocenters. The number of thiophene rings is 1. The molecular formula is C18H25N3OS. The summed E-state index contributed by atoms with van der Waals surface area (Å²) in [5.74, 6) is 0.186. The van der Waals surface area contributed by atoms with Gasteiger partial charge in [0.25, 0.3) is 5.91 Å². The van der Waals surface area contributed by atoms with Crippen LogP contribution in [0.3, 0.4) is 0 Å². The molecule has 0 unspecified atom stereocenters. The average Bonchev–Trinajstić information content (AvgIpc) is 3.06. The first kappa shape index (κ1) is 16.3. The number of carbonyl (C=O) groups excluding carboxylic acids is 1. The molecule has 2 aromatic heterocycles. The number of rotatable bonds is 3. The summed E-state index contributed by atoms with van der Waals surface area (Å²) < 4.78 is 2.25. The van der Waals surface area contributed by atoms with E-state index in [1.54, 1.807) is 11.3 Å². The molecule has 0 saturated carbocycles. The molecule has 1 aliphatic rings. The SMILES string of the molecule is Cc1cc(C(=O)N2CCCN(C)CC2)c(C)n1Cc1cccs1. The molecule has 1 amide bonds. The van der Waals surface area contributed by atoms with Crippen LogP contribution in [0.25, 0.3) is 0 Å². The smallest absolute Gasteiger partial charge is 0.255 e. The molecule has 0 radical (unpaired) electrons. The normalized spacial score (nSPS) is 16.6. The summed E-state index contributed by atoms with van der Waals surface area (Å²) in [6.45, 7) is 8.72. The van der Waals surface area contributed by atoms with Crippen molar-refractivity contribution in [2.24, 2.45) is 0 Å². The summed E-state index contributed by atoms with van der Waals surface area (Å²) in [7, 11) is 2.13. The summed E-state index contributed by atoms with van der Waals surface area (Å²) >= 11 is 1.76. The highest BCUT2D eigenvalue weighted by atomic mass is 32.1. The number of carbonyl (C=O) groups is 1. The van der Waals surface area contributed by atoms with Crippen LogP contribution in [0, 0.1) is 13.8 Å². The van der Waals surface area contributed by atoms with Gasteiger partial charge in [-0.3, -0.25) is 4.79 Å². The molecule has 1 saturated heterocycles. The number of aryl methyl sites for hydroxylation is 1. The van der Waals surface area contributed by atoms with Crippen LogP contribution in [0.4, 0.5) is 0 Å². The van der Waals surface area contributed by atoms with E-state index in [9.17, 15) is 4.79 Å². The quantitative estimate of drug-likeness (QED) is 0.865. The third kappa shape index (κ3) is 3.51. The molecule has 4 nitrogen and oxygen atoms in total. The monoisotopic (exact) mass is 331 g/mol. The zero-order valence-corrected chi connectivity index (χ0v) is 15.0. The van der Waals surface area contributed by atoms with Crippen LogP contribution < -0.4 is 0 Å². The van der Waals surface area contributed by atoms with E-state index < -0.39 is 0 Å². The van der Waals surface area contributed by atoms with Crippen LogP contribution >= 0.6 is 11.3 Å². The van der Waals surface area contributed by atoms with Crippen molar-refractivity contribution in [1.29, 1.82) is 0 Å². The van der Waals surface area contributed by atoms with Gasteiger partial charge >= 0.3 is 0 Å². The fourth-order valence-corrected chi connectivity index (χ4v) is 3.93. The Morgan fingerprint density at radius 2 is 2.04 bits per heavy atom. The van der Waals surface area contributed by atoms with Gasteiger partial charge in [-0.1, -0.05) is 6.07 Å². The third-order valence-corrected chi connectivity index (χ3v) is 5.57. The first-order valence-electron chi connectivity index (χ1n) is 8.23. The average molecular weight is 331 g/mol. The fourth-order valence-electron chi connectivity index (χ4n) is 3.24. The Hall–Kier alpha value is -1.59. The molecule has 0 spiro atoms. The zero-order valence-electron chi connectivity index (χ0n) is 14.2. The Labute approximate surface area is 142 Å². The summed E-state index contributed by atoms with van der Waals surface area (Å²) in [5.41, 5.74) is 3.10. The molecule has 5 heteroatoms. The van der Waals surface area contributed by atoms with Gasteiger partial charge in [-0.05, 0) is 51.4 Å². The van der Waals surface area contributed by atoms with Crippen molar-refractivity contribution in [3.05, 3.63) is 45.4 Å². The van der Waals surface area contributed by atoms with Gasteiger partial charge in [-0.25, -0.2) is 0 Å². The zero-order chi connectivity index (χ0) is 16.4. The lowest BCUT2D eigenvalue weighted by atomic mass is 10.2. The Balaban J connectivity index is 1.81. The van der Waals surface area contributed by atoms with Crippen molar-refractivity contribution >= 4 is 17.2 Å². The second-order valence-electron chi connectivity index (χ2n) is 6.40. The van der Waals surface area contributed by atoms with E-state index in [1.807, 2.05) is 4.90 Å². The lowest BCUT2D eigenvalue weighted by molar-refractivity contribution is 0.0762. The number of aromatic nitrogens is 1. The summed E-state index contributed by atoms with van der Waals surface area (Å²) in [6, 6.07) is 6.28. The third-order valence-electron chi connectivity index (χ3n) is 4.70. The second-order valence-corrected chi connectivity index (χ2v) is 7.43. The van der Waals surface area contributed by atoms with Crippen molar-refractivity contribution in [1.82, 2.24) is 14.4 Å². The first-order valence-corrected chi connectivity index (χ1v) is 9.11. The number of hydrogen-bond donors (Lipinski definition) is 0. The van der Waals surface area contributed by atoms with E-state index in [-0.39, 0.29) is 5.91 Å². The fraction of sp³-hybridized carbons (Fsp3) is 0.500. The molecule has 3 rings (SSSR count). The van der Waals surface area contributed by atoms with Gasteiger partial charge in [0.1, 0.15) is 0 Å². The van der Waals surface area contributed by atoms with E-state index in [4.69, 9.17) is 0 Å². The van der Waals surface area contributed by atoms with E-state index in [0.717, 1.165) is 56.1 Å². The molecule has 2 aromatic rings. The lowest BCUT2D eigenvalue weighted by Crippen LogP contribution is -2.34. The van der Waals surface area contributed by atoms with Gasteiger partial charge in [0, 0.05) is 35.9 Å². The molecule has 3 heterocycles. The van der Waals surface area contributed by atoms with Crippen LogP contribution in [0.1, 0.15) is 33.0 Å². The van der Waals surface area contributed by atoms with Gasteiger partial charge in [0.2, 0.25) is 0 Å². The molecule has 1 fully saturated rings. The van der Waals surface area contributed by atoms with Gasteiger partial charge in [0.15, 0.2) is 0 Å². The van der Waals surface area contributed by atoms with Gasteiger partial charge < -0.3 is 14.4 Å². The molecule has 124 valence electrons. The highest BCUT2D eigenvalue weighted by Gasteiger charge is 2.23. The highest BCUT2D eigenvalue weighted by Crippen LogP contribution is 2.21. The van der Waals surface area contributed by atoms with Crippen molar-refractivity contribution in [2.45, 2.75) is 26.8 Å². The summed E-state index contributed by atoms with van der Waals surface area (Å²) in [5, 5.41) is 2.10. The topological polar surface area (TPSA) is 28.5 Å². The van der Waals surface area contributed by atoms with Crippen LogP contribution in [-0.4, -0.2) is 53.5 Å². The summed E-state index contributed by atoms with van der Waals surface area (Å²) in [4.78, 5) is 18.6. The number of likely N-dealkylation sites (N-methyl/N-ethyl adjacent to an activating group) is 1. The minimum atomic E-state index is 0.186. The first-order chi connectivity index (χ1) is 11.1. The Kier molecular flexibility index (Phi) is 4.87. The predicted molar refractivity (Wildman–Crippen MR) is 95.3 cm³/mol. The van der Waals surface area contributed by atoms with Crippen LogP contribution in [0.2, 0.25) is 0 Å². The molecular weight excluding hydrogens is 306 g/mol. The maximum absolute atomic E-state index is 12.9. The molecule has 0 N–H and O–H groups in total. The molecule has 0 aromatic carbocycles. The van der Waals surface area contributed by atoms with E-state index in [2.05, 4.69) is 53.9 Å². The van der Waals surface area contributed by atoms with Gasteiger partial charge in [-0.2, -0.15) is 0 Å². The standard InChI is InChI=1S/C18H25N3OS/c1-14-12-17(15(2)21(14)13-16-6-4-11-23-16)18(22)20-8-5-7-19(3)9-10-20/h4,6,11-12H,5,7-10,13H2,1-3H3. The maximum Gasteiger partial charge on any atom is 0.255 e. The summed E-state index contributed by atoms with van der Waals surface area (Å²) in [6.07, 6.45) is 1.05. The Morgan fingerprint density at radius 1 is 1.22 bits per heavy atom. The number of amides is 1. The minimum absolute atomic E-state index is 0.186. The maximum atomic E-state index is 12.9. The van der Waals surface area contributed by atoms with E-state index >= 15 is 0 Å². The molecule has 0 bridgehead atoms. The van der Waals surface area contributed by atoms with Crippen molar-refractivity contribution in [3.8, 4) is 0 Å². The highest BCUT2D eigenvalue weighted by molar-refractivity contribution is 7.09. The van der Waals surface area contributed by atoms with Crippen molar-refractivity contribution in [3.63, 3.8) is 0 Å². The van der Waals surface area contributed by atoms with E-state index in [1.165, 1.54) is 4.88 Å². The molecule has 23 heavy (non-hydrogen) atoms. The van der Waals surface area contributed by atoms with Crippen LogP contribution in [0.15, 0.2) is 23.6 Å². The number of hydrogen-bond acceptors (Lipinski definition) is 3. The van der Waals surface area contributed by atoms with Crippen molar-refractivity contribution in [2.75, 3.05) is 33.2 Å². The minimum Gasteiger partial charge on any atom is -0.343 e. The molecule has 0 aliphatic carbocycles. The Morgan fingerprint density at radius 3 is 2.78 bits per heavy atom. The largest absolute Gasteiger partial charge is 0.343 e.